The molecule has 1 amide bonds. The zero-order valence-electron chi connectivity index (χ0n) is 17.9. The standard InChI is InChI=1S/C26H25NO5/c1-31-24(20-16-10-5-11-17-20)25(29)27-22(26(30)32-2)21(18-12-6-3-7-13-18)23(28)19-14-8-4-9-15-19/h3-17,21-22,24H,1-2H3,(H,27,29)/t21-,22-,24+/m0/s1. The van der Waals surface area contributed by atoms with E-state index in [1.54, 1.807) is 78.9 Å². The van der Waals surface area contributed by atoms with Crippen LogP contribution in [0.4, 0.5) is 0 Å². The van der Waals surface area contributed by atoms with Crippen LogP contribution in [0.3, 0.4) is 0 Å². The summed E-state index contributed by atoms with van der Waals surface area (Å²) >= 11 is 0. The molecule has 1 N–H and O–H groups in total. The molecular weight excluding hydrogens is 406 g/mol. The second-order valence-electron chi connectivity index (χ2n) is 7.15. The highest BCUT2D eigenvalue weighted by Crippen LogP contribution is 2.27. The van der Waals surface area contributed by atoms with Gasteiger partial charge < -0.3 is 14.8 Å². The topological polar surface area (TPSA) is 81.7 Å². The second-order valence-corrected chi connectivity index (χ2v) is 7.15. The predicted octanol–water partition coefficient (Wildman–Crippen LogP) is 3.70. The Hall–Kier alpha value is -3.77. The third-order valence-corrected chi connectivity index (χ3v) is 5.16. The monoisotopic (exact) mass is 431 g/mol. The number of ether oxygens (including phenoxy) is 2. The van der Waals surface area contributed by atoms with Gasteiger partial charge >= 0.3 is 5.97 Å². The Kier molecular flexibility index (Phi) is 7.89. The summed E-state index contributed by atoms with van der Waals surface area (Å²) in [4.78, 5) is 39.5. The molecule has 164 valence electrons. The van der Waals surface area contributed by atoms with Gasteiger partial charge in [0, 0.05) is 12.7 Å². The van der Waals surface area contributed by atoms with Crippen LogP contribution in [0.5, 0.6) is 0 Å². The summed E-state index contributed by atoms with van der Waals surface area (Å²) in [5.41, 5.74) is 1.64. The van der Waals surface area contributed by atoms with Gasteiger partial charge in [-0.2, -0.15) is 0 Å². The SMILES string of the molecule is COC(=O)[C@@H](NC(=O)[C@H](OC)c1ccccc1)[C@@H](C(=O)c1ccccc1)c1ccccc1. The summed E-state index contributed by atoms with van der Waals surface area (Å²) in [5.74, 6) is -2.56. The lowest BCUT2D eigenvalue weighted by atomic mass is 9.84. The number of Topliss-reactive ketones (excluding diaryl/α,β-unsaturated/α-hetero) is 1. The van der Waals surface area contributed by atoms with Gasteiger partial charge in [0.05, 0.1) is 13.0 Å². The average molecular weight is 431 g/mol. The first kappa shape index (κ1) is 22.9. The number of rotatable bonds is 9. The Morgan fingerprint density at radius 2 is 1.22 bits per heavy atom. The van der Waals surface area contributed by atoms with Crippen molar-refractivity contribution in [3.8, 4) is 0 Å². The fourth-order valence-corrected chi connectivity index (χ4v) is 3.59. The number of hydrogen-bond donors (Lipinski definition) is 1. The molecule has 0 aliphatic rings. The molecule has 0 saturated heterocycles. The number of esters is 1. The summed E-state index contributed by atoms with van der Waals surface area (Å²) in [6.07, 6.45) is -0.952. The maximum absolute atomic E-state index is 13.5. The minimum atomic E-state index is -1.25. The number of hydrogen-bond acceptors (Lipinski definition) is 5. The summed E-state index contributed by atoms with van der Waals surface area (Å²) < 4.78 is 10.4. The summed E-state index contributed by atoms with van der Waals surface area (Å²) in [5, 5.41) is 2.71. The molecule has 0 aliphatic heterocycles. The van der Waals surface area contributed by atoms with Gasteiger partial charge in [0.1, 0.15) is 6.04 Å². The van der Waals surface area contributed by atoms with E-state index in [-0.39, 0.29) is 5.78 Å². The smallest absolute Gasteiger partial charge is 0.329 e. The Morgan fingerprint density at radius 3 is 1.72 bits per heavy atom. The molecule has 6 nitrogen and oxygen atoms in total. The minimum Gasteiger partial charge on any atom is -0.467 e. The maximum Gasteiger partial charge on any atom is 0.329 e. The second kappa shape index (κ2) is 11.0. The summed E-state index contributed by atoms with van der Waals surface area (Å²) in [6, 6.07) is 25.2. The number of carbonyl (C=O) groups is 3. The molecule has 3 aromatic rings. The van der Waals surface area contributed by atoms with Gasteiger partial charge in [-0.25, -0.2) is 4.79 Å². The zero-order chi connectivity index (χ0) is 22.9. The number of nitrogens with one attached hydrogen (secondary N) is 1. The quantitative estimate of drug-likeness (QED) is 0.413. The molecule has 0 aliphatic carbocycles. The largest absolute Gasteiger partial charge is 0.467 e. The van der Waals surface area contributed by atoms with Gasteiger partial charge in [-0.05, 0) is 11.1 Å². The molecule has 6 heteroatoms. The van der Waals surface area contributed by atoms with Crippen molar-refractivity contribution in [1.82, 2.24) is 5.32 Å². The molecule has 0 heterocycles. The van der Waals surface area contributed by atoms with Gasteiger partial charge in [-0.1, -0.05) is 91.0 Å². The normalized spacial score (nSPS) is 13.4. The van der Waals surface area contributed by atoms with Crippen LogP contribution in [-0.2, 0) is 19.1 Å². The van der Waals surface area contributed by atoms with Crippen LogP contribution in [0.2, 0.25) is 0 Å². The van der Waals surface area contributed by atoms with Crippen molar-refractivity contribution in [2.45, 2.75) is 18.1 Å². The van der Waals surface area contributed by atoms with Crippen molar-refractivity contribution >= 4 is 17.7 Å². The Morgan fingerprint density at radius 1 is 0.719 bits per heavy atom. The van der Waals surface area contributed by atoms with Crippen LogP contribution in [-0.4, -0.2) is 37.9 Å². The minimum absolute atomic E-state index is 0.304. The fourth-order valence-electron chi connectivity index (χ4n) is 3.59. The van der Waals surface area contributed by atoms with Crippen molar-refractivity contribution < 1.29 is 23.9 Å². The molecule has 0 bridgehead atoms. The molecule has 32 heavy (non-hydrogen) atoms. The molecule has 0 unspecified atom stereocenters. The predicted molar refractivity (Wildman–Crippen MR) is 120 cm³/mol. The maximum atomic E-state index is 13.5. The molecule has 3 atom stereocenters. The Bertz CT molecular complexity index is 1040. The first-order valence-corrected chi connectivity index (χ1v) is 10.2. The molecule has 0 saturated carbocycles. The number of amides is 1. The van der Waals surface area contributed by atoms with E-state index in [9.17, 15) is 14.4 Å². The Labute approximate surface area is 187 Å². The third kappa shape index (κ3) is 5.28. The molecule has 0 aromatic heterocycles. The fraction of sp³-hybridized carbons (Fsp3) is 0.192. The zero-order valence-corrected chi connectivity index (χ0v) is 17.9. The number of ketones is 1. The Balaban J connectivity index is 2.00. The van der Waals surface area contributed by atoms with Crippen molar-refractivity contribution in [2.75, 3.05) is 14.2 Å². The van der Waals surface area contributed by atoms with E-state index in [2.05, 4.69) is 5.32 Å². The summed E-state index contributed by atoms with van der Waals surface area (Å²) in [7, 11) is 2.63. The van der Waals surface area contributed by atoms with Crippen LogP contribution in [0.25, 0.3) is 0 Å². The van der Waals surface area contributed by atoms with E-state index in [1.807, 2.05) is 12.1 Å². The van der Waals surface area contributed by atoms with Crippen molar-refractivity contribution in [2.24, 2.45) is 0 Å². The summed E-state index contributed by atoms with van der Waals surface area (Å²) in [6.45, 7) is 0. The van der Waals surface area contributed by atoms with E-state index < -0.39 is 29.9 Å². The van der Waals surface area contributed by atoms with Crippen LogP contribution >= 0.6 is 0 Å². The first-order chi connectivity index (χ1) is 15.6. The highest BCUT2D eigenvalue weighted by molar-refractivity contribution is 6.05. The first-order valence-electron chi connectivity index (χ1n) is 10.2. The van der Waals surface area contributed by atoms with Gasteiger partial charge in [0.2, 0.25) is 0 Å². The van der Waals surface area contributed by atoms with Crippen LogP contribution in [0, 0.1) is 0 Å². The lowest BCUT2D eigenvalue weighted by Gasteiger charge is -2.27. The third-order valence-electron chi connectivity index (χ3n) is 5.16. The number of carbonyl (C=O) groups excluding carboxylic acids is 3. The van der Waals surface area contributed by atoms with Crippen molar-refractivity contribution in [3.63, 3.8) is 0 Å². The molecule has 3 rings (SSSR count). The molecule has 3 aromatic carbocycles. The van der Waals surface area contributed by atoms with E-state index in [0.29, 0.717) is 16.7 Å². The van der Waals surface area contributed by atoms with Crippen LogP contribution in [0.1, 0.15) is 33.5 Å². The van der Waals surface area contributed by atoms with Gasteiger partial charge in [0.25, 0.3) is 5.91 Å². The van der Waals surface area contributed by atoms with Crippen LogP contribution < -0.4 is 5.32 Å². The lowest BCUT2D eigenvalue weighted by Crippen LogP contribution is -2.49. The molecular formula is C26H25NO5. The average Bonchev–Trinajstić information content (AvgIpc) is 2.85. The van der Waals surface area contributed by atoms with Gasteiger partial charge in [-0.15, -0.1) is 0 Å². The van der Waals surface area contributed by atoms with E-state index in [1.165, 1.54) is 14.2 Å². The molecule has 0 spiro atoms. The highest BCUT2D eigenvalue weighted by Gasteiger charge is 2.38. The van der Waals surface area contributed by atoms with E-state index in [4.69, 9.17) is 9.47 Å². The lowest BCUT2D eigenvalue weighted by molar-refractivity contribution is -0.147. The number of benzene rings is 3. The van der Waals surface area contributed by atoms with E-state index >= 15 is 0 Å². The van der Waals surface area contributed by atoms with Crippen LogP contribution in [0.15, 0.2) is 91.0 Å². The molecule has 0 radical (unpaired) electrons. The molecule has 0 fully saturated rings. The van der Waals surface area contributed by atoms with Crippen molar-refractivity contribution in [1.29, 1.82) is 0 Å². The van der Waals surface area contributed by atoms with E-state index in [0.717, 1.165) is 0 Å². The highest BCUT2D eigenvalue weighted by atomic mass is 16.5. The van der Waals surface area contributed by atoms with Gasteiger partial charge in [-0.3, -0.25) is 9.59 Å². The number of methoxy groups -OCH3 is 2. The van der Waals surface area contributed by atoms with Gasteiger partial charge in [0.15, 0.2) is 11.9 Å². The van der Waals surface area contributed by atoms with Crippen molar-refractivity contribution in [3.05, 3.63) is 108 Å².